The Balaban J connectivity index is 1.59. The molecule has 2 aromatic rings. The summed E-state index contributed by atoms with van der Waals surface area (Å²) in [6, 6.07) is 7.91. The van der Waals surface area contributed by atoms with Crippen molar-refractivity contribution in [2.75, 3.05) is 31.2 Å². The molecule has 0 spiro atoms. The van der Waals surface area contributed by atoms with E-state index >= 15 is 0 Å². The van der Waals surface area contributed by atoms with Crippen LogP contribution in [0, 0.1) is 12.8 Å². The highest BCUT2D eigenvalue weighted by Gasteiger charge is 2.21. The van der Waals surface area contributed by atoms with E-state index in [1.807, 2.05) is 12.1 Å². The van der Waals surface area contributed by atoms with Gasteiger partial charge in [-0.05, 0) is 30.0 Å². The summed E-state index contributed by atoms with van der Waals surface area (Å²) >= 11 is 0. The van der Waals surface area contributed by atoms with Crippen LogP contribution in [0.5, 0.6) is 0 Å². The molecule has 1 aliphatic heterocycles. The van der Waals surface area contributed by atoms with Crippen LogP contribution in [0.15, 0.2) is 28.7 Å². The Kier molecular flexibility index (Phi) is 6.45. The maximum Gasteiger partial charge on any atom is 0.238 e. The van der Waals surface area contributed by atoms with Gasteiger partial charge in [0.15, 0.2) is 0 Å². The van der Waals surface area contributed by atoms with Gasteiger partial charge in [-0.25, -0.2) is 0 Å². The van der Waals surface area contributed by atoms with E-state index in [1.54, 1.807) is 6.92 Å². The van der Waals surface area contributed by atoms with Crippen LogP contribution in [0.4, 0.5) is 5.69 Å². The number of carbonyl (C=O) groups is 1. The van der Waals surface area contributed by atoms with Crippen LogP contribution in [0.2, 0.25) is 0 Å². The van der Waals surface area contributed by atoms with Crippen molar-refractivity contribution in [3.05, 3.63) is 41.6 Å². The van der Waals surface area contributed by atoms with Crippen molar-refractivity contribution in [1.82, 2.24) is 15.5 Å². The first-order valence-electron chi connectivity index (χ1n) is 9.52. The number of hydrogen-bond acceptors (Lipinski definition) is 6. The highest BCUT2D eigenvalue weighted by molar-refractivity contribution is 5.79. The molecule has 1 aliphatic rings. The zero-order chi connectivity index (χ0) is 19.2. The molecule has 0 saturated carbocycles. The lowest BCUT2D eigenvalue weighted by atomic mass is 10.0. The molecule has 146 valence electrons. The minimum atomic E-state index is -0.258. The summed E-state index contributed by atoms with van der Waals surface area (Å²) in [7, 11) is 0. The second-order valence-electron chi connectivity index (χ2n) is 7.35. The quantitative estimate of drug-likeness (QED) is 0.805. The Morgan fingerprint density at radius 1 is 1.19 bits per heavy atom. The van der Waals surface area contributed by atoms with Crippen LogP contribution in [0.3, 0.4) is 0 Å². The van der Waals surface area contributed by atoms with Crippen molar-refractivity contribution in [3.8, 4) is 0 Å². The first-order chi connectivity index (χ1) is 13.0. The fraction of sp³-hybridized carbons (Fsp3) is 0.550. The second-order valence-corrected chi connectivity index (χ2v) is 7.35. The van der Waals surface area contributed by atoms with Crippen molar-refractivity contribution < 1.29 is 13.9 Å². The van der Waals surface area contributed by atoms with Gasteiger partial charge in [0.1, 0.15) is 6.04 Å². The van der Waals surface area contributed by atoms with E-state index in [0.29, 0.717) is 24.1 Å². The van der Waals surface area contributed by atoms with Gasteiger partial charge in [-0.3, -0.25) is 4.79 Å². The molecule has 1 fully saturated rings. The number of aromatic nitrogens is 2. The number of amides is 1. The average Bonchev–Trinajstić information content (AvgIpc) is 3.08. The number of rotatable bonds is 7. The van der Waals surface area contributed by atoms with Crippen molar-refractivity contribution in [3.63, 3.8) is 0 Å². The molecular weight excluding hydrogens is 344 g/mol. The molecule has 0 bridgehead atoms. The van der Waals surface area contributed by atoms with E-state index in [0.717, 1.165) is 38.3 Å². The van der Waals surface area contributed by atoms with Crippen LogP contribution in [-0.2, 0) is 16.0 Å². The third-order valence-electron chi connectivity index (χ3n) is 4.56. The van der Waals surface area contributed by atoms with E-state index in [-0.39, 0.29) is 11.9 Å². The van der Waals surface area contributed by atoms with Crippen LogP contribution < -0.4 is 10.2 Å². The van der Waals surface area contributed by atoms with E-state index in [9.17, 15) is 4.79 Å². The molecule has 7 heteroatoms. The van der Waals surface area contributed by atoms with Crippen molar-refractivity contribution in [1.29, 1.82) is 0 Å². The molecule has 1 unspecified atom stereocenters. The monoisotopic (exact) mass is 372 g/mol. The van der Waals surface area contributed by atoms with Gasteiger partial charge in [-0.15, -0.1) is 10.2 Å². The van der Waals surface area contributed by atoms with Crippen molar-refractivity contribution >= 4 is 11.6 Å². The summed E-state index contributed by atoms with van der Waals surface area (Å²) in [4.78, 5) is 14.8. The molecule has 1 aromatic heterocycles. The largest absolute Gasteiger partial charge is 0.423 e. The van der Waals surface area contributed by atoms with Crippen molar-refractivity contribution in [2.24, 2.45) is 5.92 Å². The van der Waals surface area contributed by atoms with Crippen LogP contribution >= 0.6 is 0 Å². The summed E-state index contributed by atoms with van der Waals surface area (Å²) < 4.78 is 10.9. The predicted octanol–water partition coefficient (Wildman–Crippen LogP) is 2.66. The van der Waals surface area contributed by atoms with Crippen molar-refractivity contribution in [2.45, 2.75) is 39.7 Å². The molecule has 1 amide bonds. The molecule has 2 heterocycles. The molecule has 3 rings (SSSR count). The highest BCUT2D eigenvalue weighted by Crippen LogP contribution is 2.21. The Labute approximate surface area is 160 Å². The number of hydrogen-bond donors (Lipinski definition) is 1. The number of ether oxygens (including phenoxy) is 1. The van der Waals surface area contributed by atoms with Gasteiger partial charge >= 0.3 is 0 Å². The average molecular weight is 372 g/mol. The van der Waals surface area contributed by atoms with Crippen LogP contribution in [-0.4, -0.2) is 42.4 Å². The zero-order valence-electron chi connectivity index (χ0n) is 16.3. The number of aryl methyl sites for hydroxylation is 1. The van der Waals surface area contributed by atoms with Gasteiger partial charge < -0.3 is 19.4 Å². The first kappa shape index (κ1) is 19.4. The Morgan fingerprint density at radius 3 is 2.48 bits per heavy atom. The number of carbonyl (C=O) groups excluding carboxylic acids is 1. The third-order valence-corrected chi connectivity index (χ3v) is 4.56. The van der Waals surface area contributed by atoms with E-state index in [4.69, 9.17) is 9.15 Å². The topological polar surface area (TPSA) is 80.5 Å². The van der Waals surface area contributed by atoms with E-state index < -0.39 is 0 Å². The summed E-state index contributed by atoms with van der Waals surface area (Å²) in [5.74, 6) is 1.33. The van der Waals surface area contributed by atoms with Crippen LogP contribution in [0.1, 0.15) is 43.7 Å². The normalized spacial score (nSPS) is 15.8. The van der Waals surface area contributed by atoms with Gasteiger partial charge in [0.2, 0.25) is 17.7 Å². The summed E-state index contributed by atoms with van der Waals surface area (Å²) in [5.41, 5.74) is 2.15. The van der Waals surface area contributed by atoms with Gasteiger partial charge in [0.05, 0.1) is 19.6 Å². The molecule has 1 N–H and O–H groups in total. The standard InChI is InChI=1S/C20H28N4O3/c1-14(2)12-18(20-23-22-15(3)27-20)21-19(25)13-16-4-6-17(7-5-16)24-8-10-26-11-9-24/h4-7,14,18H,8-13H2,1-3H3,(H,21,25). The lowest BCUT2D eigenvalue weighted by Crippen LogP contribution is -2.36. The van der Waals surface area contributed by atoms with Gasteiger partial charge in [-0.1, -0.05) is 26.0 Å². The predicted molar refractivity (Wildman–Crippen MR) is 103 cm³/mol. The maximum atomic E-state index is 12.5. The zero-order valence-corrected chi connectivity index (χ0v) is 16.3. The fourth-order valence-electron chi connectivity index (χ4n) is 3.22. The van der Waals surface area contributed by atoms with Gasteiger partial charge in [-0.2, -0.15) is 0 Å². The smallest absolute Gasteiger partial charge is 0.238 e. The van der Waals surface area contributed by atoms with Gasteiger partial charge in [0, 0.05) is 25.7 Å². The lowest BCUT2D eigenvalue weighted by molar-refractivity contribution is -0.121. The Hall–Kier alpha value is -2.41. The molecule has 7 nitrogen and oxygen atoms in total. The second kappa shape index (κ2) is 8.99. The number of nitrogens with one attached hydrogen (secondary N) is 1. The Morgan fingerprint density at radius 2 is 1.89 bits per heavy atom. The molecular formula is C20H28N4O3. The molecule has 1 aromatic carbocycles. The third kappa shape index (κ3) is 5.53. The van der Waals surface area contributed by atoms with E-state index in [1.165, 1.54) is 5.69 Å². The number of nitrogens with zero attached hydrogens (tertiary/aromatic N) is 3. The maximum absolute atomic E-state index is 12.5. The SMILES string of the molecule is Cc1nnc(C(CC(C)C)NC(=O)Cc2ccc(N3CCOCC3)cc2)o1. The lowest BCUT2D eigenvalue weighted by Gasteiger charge is -2.28. The number of morpholine rings is 1. The molecule has 0 aliphatic carbocycles. The van der Waals surface area contributed by atoms with E-state index in [2.05, 4.69) is 46.4 Å². The number of anilines is 1. The molecule has 1 saturated heterocycles. The summed E-state index contributed by atoms with van der Waals surface area (Å²) in [5, 5.41) is 11.0. The molecule has 0 radical (unpaired) electrons. The Bertz CT molecular complexity index is 736. The van der Waals surface area contributed by atoms with Crippen LogP contribution in [0.25, 0.3) is 0 Å². The minimum absolute atomic E-state index is 0.0457. The summed E-state index contributed by atoms with van der Waals surface area (Å²) in [6.07, 6.45) is 1.08. The first-order valence-corrected chi connectivity index (χ1v) is 9.52. The molecule has 1 atom stereocenters. The highest BCUT2D eigenvalue weighted by atomic mass is 16.5. The number of benzene rings is 1. The minimum Gasteiger partial charge on any atom is -0.423 e. The van der Waals surface area contributed by atoms with Gasteiger partial charge in [0.25, 0.3) is 0 Å². The summed E-state index contributed by atoms with van der Waals surface area (Å²) in [6.45, 7) is 9.29. The molecule has 27 heavy (non-hydrogen) atoms. The fourth-order valence-corrected chi connectivity index (χ4v) is 3.22.